The van der Waals surface area contributed by atoms with Crippen LogP contribution in [0.1, 0.15) is 25.7 Å². The van der Waals surface area contributed by atoms with Gasteiger partial charge in [0, 0.05) is 25.7 Å². The van der Waals surface area contributed by atoms with Crippen LogP contribution in [0.2, 0.25) is 0 Å². The maximum absolute atomic E-state index is 11.9. The van der Waals surface area contributed by atoms with Gasteiger partial charge in [0.2, 0.25) is 5.91 Å². The Morgan fingerprint density at radius 1 is 1.39 bits per heavy atom. The fourth-order valence-corrected chi connectivity index (χ4v) is 2.82. The van der Waals surface area contributed by atoms with E-state index in [-0.39, 0.29) is 12.0 Å². The molecule has 1 aliphatic heterocycles. The Morgan fingerprint density at radius 2 is 2.17 bits per heavy atom. The minimum Gasteiger partial charge on any atom is -0.374 e. The van der Waals surface area contributed by atoms with E-state index in [1.54, 1.807) is 0 Å². The molecule has 0 radical (unpaired) electrons. The lowest BCUT2D eigenvalue weighted by Crippen LogP contribution is -2.50. The van der Waals surface area contributed by atoms with Crippen LogP contribution in [0.15, 0.2) is 0 Å². The van der Waals surface area contributed by atoms with Gasteiger partial charge >= 0.3 is 0 Å². The van der Waals surface area contributed by atoms with Crippen LogP contribution in [0.5, 0.6) is 0 Å². The number of ether oxygens (including phenoxy) is 1. The molecular formula is C13H25N3O2. The second-order valence-electron chi connectivity index (χ2n) is 5.33. The van der Waals surface area contributed by atoms with Crippen molar-refractivity contribution in [3.05, 3.63) is 0 Å². The molecule has 2 aliphatic rings. The summed E-state index contributed by atoms with van der Waals surface area (Å²) in [5.41, 5.74) is 0. The fourth-order valence-electron chi connectivity index (χ4n) is 2.82. The SMILES string of the molecule is CNCC1CN(CC(=O)NC2CCCC2)CCO1. The van der Waals surface area contributed by atoms with Crippen molar-refractivity contribution < 1.29 is 9.53 Å². The van der Waals surface area contributed by atoms with Crippen molar-refractivity contribution in [1.29, 1.82) is 0 Å². The van der Waals surface area contributed by atoms with Gasteiger partial charge in [-0.1, -0.05) is 12.8 Å². The molecular weight excluding hydrogens is 230 g/mol. The number of likely N-dealkylation sites (N-methyl/N-ethyl adjacent to an activating group) is 1. The van der Waals surface area contributed by atoms with E-state index in [0.717, 1.165) is 39.1 Å². The summed E-state index contributed by atoms with van der Waals surface area (Å²) in [6, 6.07) is 0.423. The molecule has 1 saturated carbocycles. The average Bonchev–Trinajstić information content (AvgIpc) is 2.82. The van der Waals surface area contributed by atoms with Gasteiger partial charge in [0.05, 0.1) is 19.3 Å². The zero-order valence-electron chi connectivity index (χ0n) is 11.3. The summed E-state index contributed by atoms with van der Waals surface area (Å²) in [6.45, 7) is 3.79. The van der Waals surface area contributed by atoms with E-state index in [4.69, 9.17) is 4.74 Å². The minimum absolute atomic E-state index is 0.173. The summed E-state index contributed by atoms with van der Waals surface area (Å²) in [5, 5.41) is 6.25. The molecule has 1 saturated heterocycles. The van der Waals surface area contributed by atoms with Crippen LogP contribution in [0.25, 0.3) is 0 Å². The van der Waals surface area contributed by atoms with Crippen molar-refractivity contribution in [2.45, 2.75) is 37.8 Å². The molecule has 1 unspecified atom stereocenters. The highest BCUT2D eigenvalue weighted by Gasteiger charge is 2.23. The summed E-state index contributed by atoms with van der Waals surface area (Å²) >= 11 is 0. The van der Waals surface area contributed by atoms with E-state index < -0.39 is 0 Å². The Balaban J connectivity index is 1.69. The van der Waals surface area contributed by atoms with Gasteiger partial charge in [-0.3, -0.25) is 9.69 Å². The standard InChI is InChI=1S/C13H25N3O2/c1-14-8-12-9-16(6-7-18-12)10-13(17)15-11-4-2-3-5-11/h11-12,14H,2-10H2,1H3,(H,15,17). The highest BCUT2D eigenvalue weighted by molar-refractivity contribution is 5.78. The van der Waals surface area contributed by atoms with Crippen LogP contribution in [-0.2, 0) is 9.53 Å². The normalized spacial score (nSPS) is 26.4. The van der Waals surface area contributed by atoms with Crippen LogP contribution < -0.4 is 10.6 Å². The molecule has 1 aliphatic carbocycles. The monoisotopic (exact) mass is 255 g/mol. The highest BCUT2D eigenvalue weighted by Crippen LogP contribution is 2.17. The predicted molar refractivity (Wildman–Crippen MR) is 70.5 cm³/mol. The van der Waals surface area contributed by atoms with Gasteiger partial charge in [0.15, 0.2) is 0 Å². The van der Waals surface area contributed by atoms with Gasteiger partial charge in [0.25, 0.3) is 0 Å². The molecule has 104 valence electrons. The number of amides is 1. The lowest BCUT2D eigenvalue weighted by molar-refractivity contribution is -0.124. The number of nitrogens with one attached hydrogen (secondary N) is 2. The molecule has 1 heterocycles. The van der Waals surface area contributed by atoms with Crippen LogP contribution in [-0.4, -0.2) is 62.8 Å². The average molecular weight is 255 g/mol. The van der Waals surface area contributed by atoms with Gasteiger partial charge in [-0.15, -0.1) is 0 Å². The zero-order valence-corrected chi connectivity index (χ0v) is 11.3. The van der Waals surface area contributed by atoms with E-state index in [9.17, 15) is 4.79 Å². The molecule has 2 N–H and O–H groups in total. The number of carbonyl (C=O) groups excluding carboxylic acids is 1. The largest absolute Gasteiger partial charge is 0.374 e. The topological polar surface area (TPSA) is 53.6 Å². The van der Waals surface area contributed by atoms with Crippen LogP contribution >= 0.6 is 0 Å². The zero-order chi connectivity index (χ0) is 12.8. The van der Waals surface area contributed by atoms with E-state index in [2.05, 4.69) is 15.5 Å². The fraction of sp³-hybridized carbons (Fsp3) is 0.923. The molecule has 0 aromatic heterocycles. The predicted octanol–water partition coefficient (Wildman–Crippen LogP) is -0.0346. The van der Waals surface area contributed by atoms with E-state index in [1.807, 2.05) is 7.05 Å². The van der Waals surface area contributed by atoms with Gasteiger partial charge in [0.1, 0.15) is 0 Å². The number of rotatable bonds is 5. The molecule has 0 aromatic carbocycles. The summed E-state index contributed by atoms with van der Waals surface area (Å²) in [4.78, 5) is 14.1. The van der Waals surface area contributed by atoms with Crippen molar-refractivity contribution in [3.63, 3.8) is 0 Å². The van der Waals surface area contributed by atoms with Gasteiger partial charge in [-0.25, -0.2) is 0 Å². The smallest absolute Gasteiger partial charge is 0.234 e. The Labute approximate surface area is 109 Å². The summed E-state index contributed by atoms with van der Waals surface area (Å²) in [6.07, 6.45) is 5.02. The molecule has 18 heavy (non-hydrogen) atoms. The first-order valence-corrected chi connectivity index (χ1v) is 7.06. The van der Waals surface area contributed by atoms with Crippen LogP contribution in [0.4, 0.5) is 0 Å². The Kier molecular flexibility index (Phi) is 5.41. The van der Waals surface area contributed by atoms with Crippen molar-refractivity contribution in [2.75, 3.05) is 39.8 Å². The van der Waals surface area contributed by atoms with Gasteiger partial charge in [-0.2, -0.15) is 0 Å². The van der Waals surface area contributed by atoms with Crippen LogP contribution in [0, 0.1) is 0 Å². The summed E-state index contributed by atoms with van der Waals surface area (Å²) < 4.78 is 5.63. The number of hydrogen-bond acceptors (Lipinski definition) is 4. The Bertz CT molecular complexity index is 265. The molecule has 2 rings (SSSR count). The van der Waals surface area contributed by atoms with Crippen LogP contribution in [0.3, 0.4) is 0 Å². The molecule has 5 heteroatoms. The molecule has 5 nitrogen and oxygen atoms in total. The third-order valence-electron chi connectivity index (χ3n) is 3.74. The maximum Gasteiger partial charge on any atom is 0.234 e. The second-order valence-corrected chi connectivity index (χ2v) is 5.33. The van der Waals surface area contributed by atoms with Crippen molar-refractivity contribution in [1.82, 2.24) is 15.5 Å². The van der Waals surface area contributed by atoms with E-state index in [1.165, 1.54) is 12.8 Å². The quantitative estimate of drug-likeness (QED) is 0.724. The highest BCUT2D eigenvalue weighted by atomic mass is 16.5. The number of carbonyl (C=O) groups is 1. The first kappa shape index (κ1) is 13.8. The van der Waals surface area contributed by atoms with E-state index >= 15 is 0 Å². The number of hydrogen-bond donors (Lipinski definition) is 2. The van der Waals surface area contributed by atoms with E-state index in [0.29, 0.717) is 12.6 Å². The van der Waals surface area contributed by atoms with Crippen molar-refractivity contribution in [3.8, 4) is 0 Å². The second kappa shape index (κ2) is 7.07. The lowest BCUT2D eigenvalue weighted by atomic mass is 10.2. The molecule has 2 fully saturated rings. The Morgan fingerprint density at radius 3 is 2.89 bits per heavy atom. The molecule has 0 bridgehead atoms. The van der Waals surface area contributed by atoms with Crippen molar-refractivity contribution >= 4 is 5.91 Å². The minimum atomic E-state index is 0.173. The third-order valence-corrected chi connectivity index (χ3v) is 3.74. The number of morpholine rings is 1. The van der Waals surface area contributed by atoms with Gasteiger partial charge < -0.3 is 15.4 Å². The van der Waals surface area contributed by atoms with Crippen molar-refractivity contribution in [2.24, 2.45) is 0 Å². The summed E-state index contributed by atoms with van der Waals surface area (Å²) in [7, 11) is 1.93. The molecule has 1 amide bonds. The summed E-state index contributed by atoms with van der Waals surface area (Å²) in [5.74, 6) is 0.173. The maximum atomic E-state index is 11.9. The number of nitrogens with zero attached hydrogens (tertiary/aromatic N) is 1. The first-order valence-electron chi connectivity index (χ1n) is 7.06. The van der Waals surface area contributed by atoms with Gasteiger partial charge in [-0.05, 0) is 19.9 Å². The molecule has 0 aromatic rings. The lowest BCUT2D eigenvalue weighted by Gasteiger charge is -2.32. The first-order chi connectivity index (χ1) is 8.78. The molecule has 1 atom stereocenters. The molecule has 0 spiro atoms. The third kappa shape index (κ3) is 4.23. The Hall–Kier alpha value is -0.650.